The minimum Gasteiger partial charge on any atom is -0.451 e. The van der Waals surface area contributed by atoms with Crippen molar-refractivity contribution in [3.05, 3.63) is 29.5 Å². The van der Waals surface area contributed by atoms with Gasteiger partial charge in [0.25, 0.3) is 5.91 Å². The number of hydrogen-bond donors (Lipinski definition) is 0. The molecule has 7 heteroatoms. The molecule has 2 unspecified atom stereocenters. The number of fused-ring (bicyclic) bond motifs is 1. The normalized spacial score (nSPS) is 24.2. The van der Waals surface area contributed by atoms with E-state index in [1.165, 1.54) is 0 Å². The maximum absolute atomic E-state index is 13.1. The van der Waals surface area contributed by atoms with Gasteiger partial charge in [-0.25, -0.2) is 8.42 Å². The Kier molecular flexibility index (Phi) is 5.46. The molecule has 0 saturated carbocycles. The number of carbonyl (C=O) groups excluding carboxylic acids is 1. The van der Waals surface area contributed by atoms with E-state index in [2.05, 4.69) is 13.8 Å². The number of rotatable bonds is 3. The van der Waals surface area contributed by atoms with Crippen LogP contribution < -0.4 is 0 Å². The van der Waals surface area contributed by atoms with E-state index in [0.717, 1.165) is 38.8 Å². The molecule has 0 aliphatic carbocycles. The highest BCUT2D eigenvalue weighted by atomic mass is 32.2. The lowest BCUT2D eigenvalue weighted by Crippen LogP contribution is -2.42. The van der Waals surface area contributed by atoms with Gasteiger partial charge in [0, 0.05) is 37.1 Å². The number of sulfonamides is 1. The quantitative estimate of drug-likeness (QED) is 0.754. The monoisotopic (exact) mass is 418 g/mol. The third-order valence-electron chi connectivity index (χ3n) is 6.21. The largest absolute Gasteiger partial charge is 0.451 e. The van der Waals surface area contributed by atoms with Crippen LogP contribution in [0.25, 0.3) is 11.0 Å². The van der Waals surface area contributed by atoms with E-state index < -0.39 is 10.0 Å². The average Bonchev–Trinajstić information content (AvgIpc) is 3.03. The summed E-state index contributed by atoms with van der Waals surface area (Å²) in [5.41, 5.74) is 1.27. The van der Waals surface area contributed by atoms with Crippen molar-refractivity contribution in [2.75, 3.05) is 26.2 Å². The van der Waals surface area contributed by atoms with E-state index >= 15 is 0 Å². The Morgan fingerprint density at radius 2 is 1.72 bits per heavy atom. The Morgan fingerprint density at radius 3 is 2.38 bits per heavy atom. The van der Waals surface area contributed by atoms with E-state index in [1.807, 2.05) is 11.8 Å². The van der Waals surface area contributed by atoms with Crippen LogP contribution in [-0.4, -0.2) is 49.7 Å². The van der Waals surface area contributed by atoms with E-state index in [9.17, 15) is 13.2 Å². The minimum absolute atomic E-state index is 0.0995. The zero-order chi connectivity index (χ0) is 20.8. The lowest BCUT2D eigenvalue weighted by molar-refractivity contribution is 0.0593. The highest BCUT2D eigenvalue weighted by Gasteiger charge is 2.31. The molecule has 0 spiro atoms. The Labute approximate surface area is 172 Å². The van der Waals surface area contributed by atoms with Gasteiger partial charge in [-0.3, -0.25) is 4.79 Å². The molecule has 2 atom stereocenters. The Hall–Kier alpha value is -1.86. The van der Waals surface area contributed by atoms with E-state index in [1.54, 1.807) is 22.5 Å². The van der Waals surface area contributed by atoms with Gasteiger partial charge in [0.05, 0.1) is 4.90 Å². The average molecular weight is 419 g/mol. The fraction of sp³-hybridized carbons (Fsp3) is 0.591. The standard InChI is InChI=1S/C22H30N2O4S/c1-15-11-16(2)14-23(13-15)22(25)21-17(3)19-12-18(7-8-20(19)28-21)29(26,27)24-9-5-4-6-10-24/h7-8,12,15-16H,4-6,9-11,13-14H2,1-3H3. The maximum Gasteiger partial charge on any atom is 0.289 e. The number of likely N-dealkylation sites (tertiary alicyclic amines) is 1. The van der Waals surface area contributed by atoms with Crippen molar-refractivity contribution >= 4 is 26.9 Å². The Morgan fingerprint density at radius 1 is 1.07 bits per heavy atom. The van der Waals surface area contributed by atoms with Crippen molar-refractivity contribution in [1.82, 2.24) is 9.21 Å². The molecular formula is C22H30N2O4S. The van der Waals surface area contributed by atoms with Crippen LogP contribution in [0.15, 0.2) is 27.5 Å². The maximum atomic E-state index is 13.1. The van der Waals surface area contributed by atoms with Crippen LogP contribution in [0, 0.1) is 18.8 Å². The summed E-state index contributed by atoms with van der Waals surface area (Å²) in [5.74, 6) is 1.16. The number of furan rings is 1. The van der Waals surface area contributed by atoms with Gasteiger partial charge in [-0.2, -0.15) is 4.31 Å². The van der Waals surface area contributed by atoms with Gasteiger partial charge >= 0.3 is 0 Å². The van der Waals surface area contributed by atoms with Crippen LogP contribution in [-0.2, 0) is 10.0 Å². The summed E-state index contributed by atoms with van der Waals surface area (Å²) in [6.45, 7) is 8.77. The second-order valence-electron chi connectivity index (χ2n) is 8.84. The van der Waals surface area contributed by atoms with Crippen LogP contribution in [0.5, 0.6) is 0 Å². The summed E-state index contributed by atoms with van der Waals surface area (Å²) in [4.78, 5) is 15.3. The lowest BCUT2D eigenvalue weighted by atomic mass is 9.91. The van der Waals surface area contributed by atoms with Gasteiger partial charge in [-0.1, -0.05) is 20.3 Å². The number of benzene rings is 1. The molecule has 2 aromatic rings. The first kappa shape index (κ1) is 20.4. The molecule has 29 heavy (non-hydrogen) atoms. The summed E-state index contributed by atoms with van der Waals surface area (Å²) in [6, 6.07) is 4.93. The molecule has 0 radical (unpaired) electrons. The molecule has 1 aromatic carbocycles. The third kappa shape index (κ3) is 3.82. The van der Waals surface area contributed by atoms with E-state index in [4.69, 9.17) is 4.42 Å². The van der Waals surface area contributed by atoms with Gasteiger partial charge in [-0.05, 0) is 56.2 Å². The number of amides is 1. The van der Waals surface area contributed by atoms with Crippen molar-refractivity contribution in [3.8, 4) is 0 Å². The molecule has 1 amide bonds. The smallest absolute Gasteiger partial charge is 0.289 e. The first-order chi connectivity index (χ1) is 13.8. The van der Waals surface area contributed by atoms with Crippen molar-refractivity contribution in [3.63, 3.8) is 0 Å². The fourth-order valence-corrected chi connectivity index (χ4v) is 6.34. The molecule has 158 valence electrons. The summed E-state index contributed by atoms with van der Waals surface area (Å²) in [6.07, 6.45) is 4.00. The summed E-state index contributed by atoms with van der Waals surface area (Å²) in [5, 5.41) is 0.699. The van der Waals surface area contributed by atoms with Gasteiger partial charge in [0.15, 0.2) is 5.76 Å². The molecule has 2 saturated heterocycles. The second kappa shape index (κ2) is 7.76. The molecule has 0 bridgehead atoms. The summed E-state index contributed by atoms with van der Waals surface area (Å²) >= 11 is 0. The second-order valence-corrected chi connectivity index (χ2v) is 10.8. The van der Waals surface area contributed by atoms with Crippen molar-refractivity contribution in [1.29, 1.82) is 0 Å². The van der Waals surface area contributed by atoms with Crippen molar-refractivity contribution in [2.45, 2.75) is 51.3 Å². The van der Waals surface area contributed by atoms with Crippen LogP contribution in [0.3, 0.4) is 0 Å². The number of aryl methyl sites for hydroxylation is 1. The van der Waals surface area contributed by atoms with Crippen LogP contribution in [0.4, 0.5) is 0 Å². The van der Waals surface area contributed by atoms with Gasteiger partial charge in [-0.15, -0.1) is 0 Å². The van der Waals surface area contributed by atoms with Crippen LogP contribution in [0.1, 0.15) is 55.6 Å². The predicted molar refractivity (Wildman–Crippen MR) is 112 cm³/mol. The van der Waals surface area contributed by atoms with Gasteiger partial charge in [0.1, 0.15) is 5.58 Å². The highest BCUT2D eigenvalue weighted by molar-refractivity contribution is 7.89. The minimum atomic E-state index is -3.52. The first-order valence-corrected chi connectivity index (χ1v) is 12.0. The fourth-order valence-electron chi connectivity index (χ4n) is 4.79. The molecule has 2 fully saturated rings. The molecule has 2 aliphatic heterocycles. The van der Waals surface area contributed by atoms with Crippen molar-refractivity contribution in [2.24, 2.45) is 11.8 Å². The van der Waals surface area contributed by atoms with Gasteiger partial charge in [0.2, 0.25) is 10.0 Å². The predicted octanol–water partition coefficient (Wildman–Crippen LogP) is 4.03. The highest BCUT2D eigenvalue weighted by Crippen LogP contribution is 2.31. The van der Waals surface area contributed by atoms with Crippen LogP contribution >= 0.6 is 0 Å². The first-order valence-electron chi connectivity index (χ1n) is 10.6. The molecule has 1 aromatic heterocycles. The number of piperidine rings is 2. The van der Waals surface area contributed by atoms with Crippen molar-refractivity contribution < 1.29 is 17.6 Å². The number of nitrogens with zero attached hydrogens (tertiary/aromatic N) is 2. The molecule has 0 N–H and O–H groups in total. The Bertz CT molecular complexity index is 1010. The lowest BCUT2D eigenvalue weighted by Gasteiger charge is -2.34. The van der Waals surface area contributed by atoms with E-state index in [0.29, 0.717) is 47.2 Å². The zero-order valence-electron chi connectivity index (χ0n) is 17.5. The summed E-state index contributed by atoms with van der Waals surface area (Å²) in [7, 11) is -3.52. The topological polar surface area (TPSA) is 70.8 Å². The molecule has 6 nitrogen and oxygen atoms in total. The zero-order valence-corrected chi connectivity index (χ0v) is 18.3. The van der Waals surface area contributed by atoms with E-state index in [-0.39, 0.29) is 10.8 Å². The number of hydrogen-bond acceptors (Lipinski definition) is 4. The molecule has 4 rings (SSSR count). The molecule has 3 heterocycles. The van der Waals surface area contributed by atoms with Crippen LogP contribution in [0.2, 0.25) is 0 Å². The molecular weight excluding hydrogens is 388 g/mol. The third-order valence-corrected chi connectivity index (χ3v) is 8.11. The number of carbonyl (C=O) groups is 1. The SMILES string of the molecule is Cc1c(C(=O)N2CC(C)CC(C)C2)oc2ccc(S(=O)(=O)N3CCCCC3)cc12. The Balaban J connectivity index is 1.67. The summed E-state index contributed by atoms with van der Waals surface area (Å²) < 4.78 is 33.5. The van der Waals surface area contributed by atoms with Gasteiger partial charge < -0.3 is 9.32 Å². The molecule has 2 aliphatic rings.